The molecule has 0 fully saturated rings. The number of aromatic nitrogens is 4. The lowest BCUT2D eigenvalue weighted by molar-refractivity contribution is 0.324. The molecule has 0 saturated heterocycles. The van der Waals surface area contributed by atoms with Crippen molar-refractivity contribution in [1.29, 1.82) is 0 Å². The number of nitrogens with zero attached hydrogens (tertiary/aromatic N) is 4. The van der Waals surface area contributed by atoms with Crippen LogP contribution in [0.5, 0.6) is 17.2 Å². The van der Waals surface area contributed by atoms with E-state index in [4.69, 9.17) is 18.7 Å². The van der Waals surface area contributed by atoms with E-state index in [9.17, 15) is 0 Å². The van der Waals surface area contributed by atoms with E-state index in [1.807, 2.05) is 0 Å². The number of ether oxygens (including phenoxy) is 3. The fourth-order valence-electron chi connectivity index (χ4n) is 2.26. The Bertz CT molecular complexity index is 873. The van der Waals surface area contributed by atoms with Gasteiger partial charge in [0.1, 0.15) is 5.76 Å². The van der Waals surface area contributed by atoms with Crippen molar-refractivity contribution >= 4 is 23.3 Å². The van der Waals surface area contributed by atoms with Crippen LogP contribution in [0.25, 0.3) is 0 Å². The van der Waals surface area contributed by atoms with Crippen LogP contribution in [-0.2, 0) is 0 Å². The molecule has 10 nitrogen and oxygen atoms in total. The van der Waals surface area contributed by atoms with E-state index in [2.05, 4.69) is 31.0 Å². The predicted octanol–water partition coefficient (Wildman–Crippen LogP) is 2.68. The molecule has 0 radical (unpaired) electrons. The van der Waals surface area contributed by atoms with Gasteiger partial charge < -0.3 is 29.4 Å². The zero-order chi connectivity index (χ0) is 18.5. The first-order chi connectivity index (χ1) is 12.6. The SMILES string of the molecule is COc1cc(Nc2cnnc(Nc3cc(C)on3)n2)cc(OC)c1OC. The summed E-state index contributed by atoms with van der Waals surface area (Å²) >= 11 is 0. The summed E-state index contributed by atoms with van der Waals surface area (Å²) in [7, 11) is 4.65. The Morgan fingerprint density at radius 2 is 1.65 bits per heavy atom. The van der Waals surface area contributed by atoms with E-state index in [0.29, 0.717) is 40.3 Å². The summed E-state index contributed by atoms with van der Waals surface area (Å²) in [5.41, 5.74) is 0.684. The number of rotatable bonds is 7. The zero-order valence-corrected chi connectivity index (χ0v) is 14.7. The van der Waals surface area contributed by atoms with Crippen molar-refractivity contribution in [3.05, 3.63) is 30.2 Å². The van der Waals surface area contributed by atoms with Gasteiger partial charge in [0, 0.05) is 23.9 Å². The Hall–Kier alpha value is -3.56. The molecule has 0 spiro atoms. The number of benzene rings is 1. The average Bonchev–Trinajstić information content (AvgIpc) is 3.05. The van der Waals surface area contributed by atoms with Crippen LogP contribution < -0.4 is 24.8 Å². The van der Waals surface area contributed by atoms with Gasteiger partial charge in [-0.2, -0.15) is 10.1 Å². The summed E-state index contributed by atoms with van der Waals surface area (Å²) in [5, 5.41) is 17.7. The molecule has 3 rings (SSSR count). The minimum Gasteiger partial charge on any atom is -0.493 e. The van der Waals surface area contributed by atoms with Crippen molar-refractivity contribution in [1.82, 2.24) is 20.3 Å². The highest BCUT2D eigenvalue weighted by Gasteiger charge is 2.14. The van der Waals surface area contributed by atoms with Gasteiger partial charge >= 0.3 is 0 Å². The van der Waals surface area contributed by atoms with Gasteiger partial charge in [0.25, 0.3) is 0 Å². The maximum absolute atomic E-state index is 5.34. The molecule has 0 aliphatic rings. The molecular formula is C16H18N6O4. The second-order valence-electron chi connectivity index (χ2n) is 5.15. The van der Waals surface area contributed by atoms with Crippen LogP contribution in [0, 0.1) is 6.92 Å². The van der Waals surface area contributed by atoms with Crippen LogP contribution in [0.3, 0.4) is 0 Å². The smallest absolute Gasteiger partial charge is 0.250 e. The van der Waals surface area contributed by atoms with E-state index in [0.717, 1.165) is 0 Å². The summed E-state index contributed by atoms with van der Waals surface area (Å²) < 4.78 is 21.0. The molecule has 26 heavy (non-hydrogen) atoms. The van der Waals surface area contributed by atoms with E-state index in [1.165, 1.54) is 6.20 Å². The molecule has 136 valence electrons. The van der Waals surface area contributed by atoms with E-state index >= 15 is 0 Å². The molecule has 10 heteroatoms. The largest absolute Gasteiger partial charge is 0.493 e. The van der Waals surface area contributed by atoms with Crippen molar-refractivity contribution in [2.75, 3.05) is 32.0 Å². The minimum absolute atomic E-state index is 0.274. The van der Waals surface area contributed by atoms with E-state index in [-0.39, 0.29) is 5.95 Å². The first-order valence-electron chi connectivity index (χ1n) is 7.60. The van der Waals surface area contributed by atoms with Gasteiger partial charge in [0.2, 0.25) is 11.7 Å². The van der Waals surface area contributed by atoms with Crippen LogP contribution in [0.15, 0.2) is 28.9 Å². The fraction of sp³-hybridized carbons (Fsp3) is 0.250. The number of nitrogens with one attached hydrogen (secondary N) is 2. The highest BCUT2D eigenvalue weighted by Crippen LogP contribution is 2.40. The maximum Gasteiger partial charge on any atom is 0.250 e. The van der Waals surface area contributed by atoms with E-state index in [1.54, 1.807) is 46.5 Å². The number of anilines is 4. The number of hydrogen-bond donors (Lipinski definition) is 2. The highest BCUT2D eigenvalue weighted by atomic mass is 16.5. The molecule has 0 aliphatic heterocycles. The first kappa shape index (κ1) is 17.3. The molecule has 0 aliphatic carbocycles. The lowest BCUT2D eigenvalue weighted by Crippen LogP contribution is -2.03. The quantitative estimate of drug-likeness (QED) is 0.653. The molecule has 3 aromatic rings. The Labute approximate surface area is 149 Å². The third-order valence-electron chi connectivity index (χ3n) is 3.36. The summed E-state index contributed by atoms with van der Waals surface area (Å²) in [4.78, 5) is 4.34. The number of methoxy groups -OCH3 is 3. The Balaban J connectivity index is 1.83. The molecule has 0 bridgehead atoms. The summed E-state index contributed by atoms with van der Waals surface area (Å²) in [6, 6.07) is 5.25. The lowest BCUT2D eigenvalue weighted by atomic mass is 10.2. The third kappa shape index (κ3) is 3.74. The first-order valence-corrected chi connectivity index (χ1v) is 7.60. The van der Waals surface area contributed by atoms with E-state index < -0.39 is 0 Å². The molecule has 0 amide bonds. The molecule has 0 atom stereocenters. The van der Waals surface area contributed by atoms with Crippen LogP contribution in [0.2, 0.25) is 0 Å². The average molecular weight is 358 g/mol. The van der Waals surface area contributed by atoms with Crippen LogP contribution in [0.4, 0.5) is 23.3 Å². The monoisotopic (exact) mass is 358 g/mol. The van der Waals surface area contributed by atoms with Crippen molar-refractivity contribution in [2.24, 2.45) is 0 Å². The second-order valence-corrected chi connectivity index (χ2v) is 5.15. The summed E-state index contributed by atoms with van der Waals surface area (Å²) in [6.07, 6.45) is 1.49. The number of hydrogen-bond acceptors (Lipinski definition) is 10. The molecule has 2 N–H and O–H groups in total. The third-order valence-corrected chi connectivity index (χ3v) is 3.36. The van der Waals surface area contributed by atoms with Gasteiger partial charge in [-0.25, -0.2) is 0 Å². The Morgan fingerprint density at radius 1 is 0.923 bits per heavy atom. The molecule has 2 heterocycles. The van der Waals surface area contributed by atoms with Crippen molar-refractivity contribution in [3.63, 3.8) is 0 Å². The Kier molecular flexibility index (Phi) is 5.02. The van der Waals surface area contributed by atoms with Gasteiger partial charge in [-0.3, -0.25) is 0 Å². The van der Waals surface area contributed by atoms with Crippen molar-refractivity contribution < 1.29 is 18.7 Å². The van der Waals surface area contributed by atoms with Gasteiger partial charge in [-0.1, -0.05) is 5.16 Å². The Morgan fingerprint density at radius 3 is 2.23 bits per heavy atom. The predicted molar refractivity (Wildman–Crippen MR) is 93.7 cm³/mol. The van der Waals surface area contributed by atoms with Crippen LogP contribution in [0.1, 0.15) is 5.76 Å². The normalized spacial score (nSPS) is 10.3. The maximum atomic E-state index is 5.34. The van der Waals surface area contributed by atoms with Gasteiger partial charge in [0.15, 0.2) is 23.1 Å². The lowest BCUT2D eigenvalue weighted by Gasteiger charge is -2.14. The molecule has 0 unspecified atom stereocenters. The topological polar surface area (TPSA) is 116 Å². The van der Waals surface area contributed by atoms with Crippen molar-refractivity contribution in [2.45, 2.75) is 6.92 Å². The molecular weight excluding hydrogens is 340 g/mol. The van der Waals surface area contributed by atoms with Crippen molar-refractivity contribution in [3.8, 4) is 17.2 Å². The second kappa shape index (κ2) is 7.55. The molecule has 1 aromatic carbocycles. The molecule has 0 saturated carbocycles. The fourth-order valence-corrected chi connectivity index (χ4v) is 2.26. The van der Waals surface area contributed by atoms with Gasteiger partial charge in [0.05, 0.1) is 27.5 Å². The minimum atomic E-state index is 0.274. The molecule has 2 aromatic heterocycles. The highest BCUT2D eigenvalue weighted by molar-refractivity contribution is 5.66. The van der Waals surface area contributed by atoms with Gasteiger partial charge in [-0.05, 0) is 6.92 Å². The van der Waals surface area contributed by atoms with Crippen LogP contribution in [-0.4, -0.2) is 41.7 Å². The summed E-state index contributed by atoms with van der Waals surface area (Å²) in [5.74, 6) is 3.46. The van der Waals surface area contributed by atoms with Gasteiger partial charge in [-0.15, -0.1) is 5.10 Å². The van der Waals surface area contributed by atoms with Crippen LogP contribution >= 0.6 is 0 Å². The summed E-state index contributed by atoms with van der Waals surface area (Å²) in [6.45, 7) is 1.79. The standard InChI is InChI=1S/C16H18N6O4/c1-9-5-13(22-26-9)19-16-20-14(8-17-21-16)18-10-6-11(23-2)15(25-4)12(7-10)24-3/h5-8H,1-4H3,(H2,18,19,20,21,22). The number of aryl methyl sites for hydroxylation is 1. The zero-order valence-electron chi connectivity index (χ0n) is 14.7.